The highest BCUT2D eigenvalue weighted by atomic mass is 16.3. The van der Waals surface area contributed by atoms with Crippen LogP contribution in [0.25, 0.3) is 0 Å². The normalized spacial score (nSPS) is 19.4. The molecule has 1 fully saturated rings. The van der Waals surface area contributed by atoms with Gasteiger partial charge in [0, 0.05) is 24.8 Å². The summed E-state index contributed by atoms with van der Waals surface area (Å²) in [5.74, 6) is 0. The lowest BCUT2D eigenvalue weighted by Gasteiger charge is -2.31. The highest BCUT2D eigenvalue weighted by Crippen LogP contribution is 2.22. The zero-order valence-corrected chi connectivity index (χ0v) is 10.7. The Morgan fingerprint density at radius 2 is 1.82 bits per heavy atom. The largest absolute Gasteiger partial charge is 0.393 e. The molecule has 2 N–H and O–H groups in total. The van der Waals surface area contributed by atoms with Gasteiger partial charge in [0.25, 0.3) is 0 Å². The summed E-state index contributed by atoms with van der Waals surface area (Å²) in [6, 6.07) is 9.12. The fourth-order valence-corrected chi connectivity index (χ4v) is 2.26. The van der Waals surface area contributed by atoms with Crippen LogP contribution in [0.1, 0.15) is 31.4 Å². The van der Waals surface area contributed by atoms with Crippen molar-refractivity contribution in [2.45, 2.75) is 31.9 Å². The first-order chi connectivity index (χ1) is 8.20. The summed E-state index contributed by atoms with van der Waals surface area (Å²) in [6.07, 6.45) is 1.67. The Morgan fingerprint density at radius 3 is 2.35 bits per heavy atom. The molecule has 0 bridgehead atoms. The van der Waals surface area contributed by atoms with Gasteiger partial charge >= 0.3 is 0 Å². The van der Waals surface area contributed by atoms with Gasteiger partial charge in [-0.3, -0.25) is 0 Å². The van der Waals surface area contributed by atoms with Crippen molar-refractivity contribution in [2.75, 3.05) is 25.0 Å². The van der Waals surface area contributed by atoms with Crippen LogP contribution in [0.5, 0.6) is 0 Å². The van der Waals surface area contributed by atoms with E-state index >= 15 is 0 Å². The summed E-state index contributed by atoms with van der Waals surface area (Å²) >= 11 is 0. The zero-order chi connectivity index (χ0) is 12.3. The van der Waals surface area contributed by atoms with Crippen molar-refractivity contribution in [2.24, 2.45) is 0 Å². The molecule has 94 valence electrons. The van der Waals surface area contributed by atoms with E-state index in [0.717, 1.165) is 25.9 Å². The molecule has 1 atom stereocenters. The fourth-order valence-electron chi connectivity index (χ4n) is 2.26. The molecule has 2 rings (SSSR count). The van der Waals surface area contributed by atoms with Crippen LogP contribution in [0, 0.1) is 0 Å². The van der Waals surface area contributed by atoms with Crippen molar-refractivity contribution in [3.8, 4) is 0 Å². The second kappa shape index (κ2) is 5.52. The molecular formula is C14H22N2O. The van der Waals surface area contributed by atoms with Gasteiger partial charge in [-0.2, -0.15) is 0 Å². The maximum Gasteiger partial charge on any atom is 0.0574 e. The second-order valence-corrected chi connectivity index (χ2v) is 4.82. The first-order valence-electron chi connectivity index (χ1n) is 6.41. The van der Waals surface area contributed by atoms with Gasteiger partial charge in [0.05, 0.1) is 6.10 Å². The summed E-state index contributed by atoms with van der Waals surface area (Å²) in [7, 11) is 1.98. The van der Waals surface area contributed by atoms with Crippen LogP contribution in [0.3, 0.4) is 0 Å². The van der Waals surface area contributed by atoms with Crippen LogP contribution in [0.15, 0.2) is 24.3 Å². The number of anilines is 1. The van der Waals surface area contributed by atoms with Crippen LogP contribution >= 0.6 is 0 Å². The van der Waals surface area contributed by atoms with Crippen LogP contribution in [-0.4, -0.2) is 31.3 Å². The first kappa shape index (κ1) is 12.4. The van der Waals surface area contributed by atoms with Crippen molar-refractivity contribution >= 4 is 5.69 Å². The molecule has 0 radical (unpaired) electrons. The summed E-state index contributed by atoms with van der Waals surface area (Å²) < 4.78 is 0. The fraction of sp³-hybridized carbons (Fsp3) is 0.571. The van der Waals surface area contributed by atoms with Crippen molar-refractivity contribution < 1.29 is 5.11 Å². The smallest absolute Gasteiger partial charge is 0.0574 e. The standard InChI is InChI=1S/C14H22N2O/c1-11(15-2)12-3-5-13(6-4-12)16-9-7-14(17)8-10-16/h3-6,11,14-15,17H,7-10H2,1-2H3. The maximum atomic E-state index is 9.49. The molecular weight excluding hydrogens is 212 g/mol. The van der Waals surface area contributed by atoms with E-state index in [9.17, 15) is 5.11 Å². The molecule has 1 unspecified atom stereocenters. The van der Waals surface area contributed by atoms with E-state index in [1.165, 1.54) is 11.3 Å². The van der Waals surface area contributed by atoms with E-state index in [2.05, 4.69) is 41.4 Å². The Labute approximate surface area is 103 Å². The van der Waals surface area contributed by atoms with Gasteiger partial charge in [0.15, 0.2) is 0 Å². The maximum absolute atomic E-state index is 9.49. The quantitative estimate of drug-likeness (QED) is 0.839. The highest BCUT2D eigenvalue weighted by molar-refractivity contribution is 5.48. The van der Waals surface area contributed by atoms with Crippen molar-refractivity contribution in [1.82, 2.24) is 5.32 Å². The molecule has 0 aliphatic carbocycles. The number of rotatable bonds is 3. The number of hydrogen-bond acceptors (Lipinski definition) is 3. The molecule has 1 saturated heterocycles. The van der Waals surface area contributed by atoms with Gasteiger partial charge in [-0.15, -0.1) is 0 Å². The Hall–Kier alpha value is -1.06. The van der Waals surface area contributed by atoms with Gasteiger partial charge in [-0.1, -0.05) is 12.1 Å². The van der Waals surface area contributed by atoms with Crippen molar-refractivity contribution in [3.63, 3.8) is 0 Å². The van der Waals surface area contributed by atoms with Crippen LogP contribution in [0.2, 0.25) is 0 Å². The minimum atomic E-state index is -0.102. The molecule has 3 heteroatoms. The third kappa shape index (κ3) is 2.99. The van der Waals surface area contributed by atoms with Crippen LogP contribution < -0.4 is 10.2 Å². The minimum Gasteiger partial charge on any atom is -0.393 e. The lowest BCUT2D eigenvalue weighted by atomic mass is 10.1. The number of piperidine rings is 1. The van der Waals surface area contributed by atoms with Crippen molar-refractivity contribution in [1.29, 1.82) is 0 Å². The Kier molecular flexibility index (Phi) is 4.02. The number of hydrogen-bond donors (Lipinski definition) is 2. The molecule has 0 spiro atoms. The molecule has 0 amide bonds. The van der Waals surface area contributed by atoms with Gasteiger partial charge in [0.1, 0.15) is 0 Å². The predicted molar refractivity (Wildman–Crippen MR) is 71.4 cm³/mol. The molecule has 0 saturated carbocycles. The summed E-state index contributed by atoms with van der Waals surface area (Å²) in [5, 5.41) is 12.7. The van der Waals surface area contributed by atoms with E-state index in [1.807, 2.05) is 7.05 Å². The lowest BCUT2D eigenvalue weighted by molar-refractivity contribution is 0.145. The topological polar surface area (TPSA) is 35.5 Å². The van der Waals surface area contributed by atoms with E-state index in [4.69, 9.17) is 0 Å². The monoisotopic (exact) mass is 234 g/mol. The average molecular weight is 234 g/mol. The zero-order valence-electron chi connectivity index (χ0n) is 10.7. The molecule has 1 aliphatic rings. The van der Waals surface area contributed by atoms with E-state index in [-0.39, 0.29) is 6.10 Å². The van der Waals surface area contributed by atoms with Gasteiger partial charge in [0.2, 0.25) is 0 Å². The van der Waals surface area contributed by atoms with Crippen LogP contribution in [-0.2, 0) is 0 Å². The summed E-state index contributed by atoms with van der Waals surface area (Å²) in [5.41, 5.74) is 2.58. The number of nitrogens with one attached hydrogen (secondary N) is 1. The van der Waals surface area contributed by atoms with Gasteiger partial charge in [-0.25, -0.2) is 0 Å². The molecule has 1 heterocycles. The van der Waals surface area contributed by atoms with Crippen molar-refractivity contribution in [3.05, 3.63) is 29.8 Å². The second-order valence-electron chi connectivity index (χ2n) is 4.82. The number of benzene rings is 1. The third-order valence-corrected chi connectivity index (χ3v) is 3.66. The lowest BCUT2D eigenvalue weighted by Crippen LogP contribution is -2.35. The highest BCUT2D eigenvalue weighted by Gasteiger charge is 2.17. The molecule has 1 aromatic rings. The minimum absolute atomic E-state index is 0.102. The Morgan fingerprint density at radius 1 is 1.24 bits per heavy atom. The molecule has 0 aromatic heterocycles. The van der Waals surface area contributed by atoms with Gasteiger partial charge in [-0.05, 0) is 44.5 Å². The Balaban J connectivity index is 2.02. The molecule has 1 aromatic carbocycles. The van der Waals surface area contributed by atoms with E-state index < -0.39 is 0 Å². The molecule has 3 nitrogen and oxygen atoms in total. The van der Waals surface area contributed by atoms with Crippen LogP contribution in [0.4, 0.5) is 5.69 Å². The Bertz CT molecular complexity index is 342. The molecule has 1 aliphatic heterocycles. The number of aliphatic hydroxyl groups excluding tert-OH is 1. The van der Waals surface area contributed by atoms with E-state index in [0.29, 0.717) is 6.04 Å². The molecule has 17 heavy (non-hydrogen) atoms. The SMILES string of the molecule is CNC(C)c1ccc(N2CCC(O)CC2)cc1. The first-order valence-corrected chi connectivity index (χ1v) is 6.41. The summed E-state index contributed by atoms with van der Waals surface area (Å²) in [4.78, 5) is 2.35. The summed E-state index contributed by atoms with van der Waals surface area (Å²) in [6.45, 7) is 4.08. The number of aliphatic hydroxyl groups is 1. The van der Waals surface area contributed by atoms with E-state index in [1.54, 1.807) is 0 Å². The average Bonchev–Trinajstić information content (AvgIpc) is 2.39. The number of nitrogens with zero attached hydrogens (tertiary/aromatic N) is 1. The third-order valence-electron chi connectivity index (χ3n) is 3.66. The van der Waals surface area contributed by atoms with Gasteiger partial charge < -0.3 is 15.3 Å². The predicted octanol–water partition coefficient (Wildman–Crippen LogP) is 1.93.